The van der Waals surface area contributed by atoms with Gasteiger partial charge in [-0.05, 0) is 44.2 Å². The monoisotopic (exact) mass is 478 g/mol. The van der Waals surface area contributed by atoms with Crippen LogP contribution < -0.4 is 10.1 Å². The van der Waals surface area contributed by atoms with Crippen LogP contribution in [0.5, 0.6) is 5.75 Å². The van der Waals surface area contributed by atoms with E-state index in [1.807, 2.05) is 44.0 Å². The van der Waals surface area contributed by atoms with E-state index in [-0.39, 0.29) is 29.4 Å². The Morgan fingerprint density at radius 3 is 2.39 bits per heavy atom. The lowest BCUT2D eigenvalue weighted by Gasteiger charge is -2.31. The molecule has 11 heteroatoms. The molecule has 0 spiro atoms. The Bertz CT molecular complexity index is 1080. The van der Waals surface area contributed by atoms with Gasteiger partial charge in [0.15, 0.2) is 0 Å². The summed E-state index contributed by atoms with van der Waals surface area (Å²) in [4.78, 5) is 12.9. The highest BCUT2D eigenvalue weighted by atomic mass is 32.2. The van der Waals surface area contributed by atoms with Crippen LogP contribution in [0.3, 0.4) is 0 Å². The molecule has 1 heterocycles. The second kappa shape index (κ2) is 10.5. The van der Waals surface area contributed by atoms with Gasteiger partial charge >= 0.3 is 0 Å². The Balaban J connectivity index is 1.67. The minimum absolute atomic E-state index is 0.00234. The Hall–Kier alpha value is -2.73. The lowest BCUT2D eigenvalue weighted by molar-refractivity contribution is -0.384. The molecular weight excluding hydrogens is 448 g/mol. The van der Waals surface area contributed by atoms with Crippen molar-refractivity contribution in [2.75, 3.05) is 51.7 Å². The fraction of sp³-hybridized carbons (Fsp3) is 0.455. The zero-order chi connectivity index (χ0) is 24.2. The Labute approximate surface area is 194 Å². The first kappa shape index (κ1) is 24.9. The minimum atomic E-state index is -3.83. The molecule has 0 amide bonds. The smallest absolute Gasteiger partial charge is 0.293 e. The summed E-state index contributed by atoms with van der Waals surface area (Å²) in [6, 6.07) is 9.52. The van der Waals surface area contributed by atoms with Gasteiger partial charge in [0, 0.05) is 38.8 Å². The number of nitro benzene ring substituents is 1. The molecule has 0 aliphatic carbocycles. The molecule has 2 aromatic rings. The van der Waals surface area contributed by atoms with Crippen molar-refractivity contribution in [3.8, 4) is 5.75 Å². The third-order valence-electron chi connectivity index (χ3n) is 5.62. The summed E-state index contributed by atoms with van der Waals surface area (Å²) in [5, 5.41) is 24.7. The summed E-state index contributed by atoms with van der Waals surface area (Å²) in [5.41, 5.74) is 1.66. The topological polar surface area (TPSA) is 125 Å². The van der Waals surface area contributed by atoms with Gasteiger partial charge in [-0.2, -0.15) is 4.31 Å². The molecule has 1 aliphatic heterocycles. The van der Waals surface area contributed by atoms with Gasteiger partial charge in [-0.25, -0.2) is 8.42 Å². The zero-order valence-electron chi connectivity index (χ0n) is 19.0. The highest BCUT2D eigenvalue weighted by Gasteiger charge is 2.29. The highest BCUT2D eigenvalue weighted by Crippen LogP contribution is 2.29. The van der Waals surface area contributed by atoms with E-state index < -0.39 is 21.1 Å². The number of para-hydroxylation sites is 1. The molecule has 0 radical (unpaired) electrons. The van der Waals surface area contributed by atoms with Gasteiger partial charge < -0.3 is 20.1 Å². The molecular formula is C22H30N4O6S. The van der Waals surface area contributed by atoms with Crippen LogP contribution in [0.4, 0.5) is 11.4 Å². The highest BCUT2D eigenvalue weighted by molar-refractivity contribution is 7.89. The number of hydrogen-bond acceptors (Lipinski definition) is 8. The lowest BCUT2D eigenvalue weighted by Crippen LogP contribution is -2.47. The van der Waals surface area contributed by atoms with Gasteiger partial charge in [-0.3, -0.25) is 10.1 Å². The standard InChI is InChI=1S/C22H30N4O6S/c1-16-5-4-6-17(2)22(16)32-15-18(27)14-23-20-8-7-19(13-21(20)26(28)29)33(30,31)25-11-9-24(3)10-12-25/h4-8,13,18,23,27H,9-12,14-15H2,1-3H3. The van der Waals surface area contributed by atoms with Crippen LogP contribution in [0.15, 0.2) is 41.3 Å². The number of anilines is 1. The maximum atomic E-state index is 12.9. The number of nitrogens with zero attached hydrogens (tertiary/aromatic N) is 3. The van der Waals surface area contributed by atoms with Gasteiger partial charge in [0.05, 0.1) is 9.82 Å². The van der Waals surface area contributed by atoms with Crippen LogP contribution in [0.2, 0.25) is 0 Å². The van der Waals surface area contributed by atoms with Crippen LogP contribution >= 0.6 is 0 Å². The van der Waals surface area contributed by atoms with E-state index in [0.717, 1.165) is 17.2 Å². The number of aryl methyl sites for hydroxylation is 2. The number of nitrogens with one attached hydrogen (secondary N) is 1. The van der Waals surface area contributed by atoms with Crippen LogP contribution in [0.1, 0.15) is 11.1 Å². The van der Waals surface area contributed by atoms with Crippen molar-refractivity contribution < 1.29 is 23.2 Å². The summed E-state index contributed by atoms with van der Waals surface area (Å²) in [5.74, 6) is 0.695. The van der Waals surface area contributed by atoms with Gasteiger partial charge in [0.25, 0.3) is 5.69 Å². The van der Waals surface area contributed by atoms with Crippen molar-refractivity contribution in [3.05, 3.63) is 57.6 Å². The Morgan fingerprint density at radius 1 is 1.15 bits per heavy atom. The van der Waals surface area contributed by atoms with Crippen LogP contribution in [0.25, 0.3) is 0 Å². The van der Waals surface area contributed by atoms with Crippen molar-refractivity contribution >= 4 is 21.4 Å². The molecule has 1 saturated heterocycles. The number of aliphatic hydroxyl groups excluding tert-OH is 1. The van der Waals surface area contributed by atoms with Crippen LogP contribution in [-0.4, -0.2) is 80.1 Å². The number of aliphatic hydroxyl groups is 1. The maximum Gasteiger partial charge on any atom is 0.293 e. The number of ether oxygens (including phenoxy) is 1. The summed E-state index contributed by atoms with van der Waals surface area (Å²) in [7, 11) is -1.92. The van der Waals surface area contributed by atoms with Gasteiger partial charge in [0.1, 0.15) is 24.1 Å². The normalized spacial score (nSPS) is 16.4. The van der Waals surface area contributed by atoms with Crippen molar-refractivity contribution in [2.24, 2.45) is 0 Å². The van der Waals surface area contributed by atoms with E-state index in [9.17, 15) is 23.6 Å². The average Bonchev–Trinajstić information content (AvgIpc) is 2.77. The second-order valence-electron chi connectivity index (χ2n) is 8.21. The molecule has 0 saturated carbocycles. The summed E-state index contributed by atoms with van der Waals surface area (Å²) in [6.45, 7) is 5.69. The van der Waals surface area contributed by atoms with Gasteiger partial charge in [0.2, 0.25) is 10.0 Å². The number of benzene rings is 2. The molecule has 1 atom stereocenters. The van der Waals surface area contributed by atoms with E-state index in [1.54, 1.807) is 0 Å². The molecule has 1 fully saturated rings. The predicted octanol–water partition coefficient (Wildman–Crippen LogP) is 2.00. The molecule has 0 bridgehead atoms. The van der Waals surface area contributed by atoms with E-state index in [0.29, 0.717) is 31.9 Å². The maximum absolute atomic E-state index is 12.9. The number of likely N-dealkylation sites (N-methyl/N-ethyl adjacent to an activating group) is 1. The first-order chi connectivity index (χ1) is 15.6. The Morgan fingerprint density at radius 2 is 1.79 bits per heavy atom. The molecule has 10 nitrogen and oxygen atoms in total. The van der Waals surface area contributed by atoms with Crippen LogP contribution in [-0.2, 0) is 10.0 Å². The molecule has 1 unspecified atom stereocenters. The molecule has 1 aliphatic rings. The quantitative estimate of drug-likeness (QED) is 0.414. The first-order valence-corrected chi connectivity index (χ1v) is 12.1. The van der Waals surface area contributed by atoms with Gasteiger partial charge in [-0.15, -0.1) is 0 Å². The third kappa shape index (κ3) is 5.99. The molecule has 0 aromatic heterocycles. The van der Waals surface area contributed by atoms with Crippen LogP contribution in [0, 0.1) is 24.0 Å². The molecule has 2 N–H and O–H groups in total. The van der Waals surface area contributed by atoms with E-state index >= 15 is 0 Å². The van der Waals surface area contributed by atoms with Crippen molar-refractivity contribution in [2.45, 2.75) is 24.8 Å². The largest absolute Gasteiger partial charge is 0.490 e. The van der Waals surface area contributed by atoms with Gasteiger partial charge in [-0.1, -0.05) is 18.2 Å². The van der Waals surface area contributed by atoms with Crippen molar-refractivity contribution in [1.82, 2.24) is 9.21 Å². The van der Waals surface area contributed by atoms with Crippen molar-refractivity contribution in [1.29, 1.82) is 0 Å². The average molecular weight is 479 g/mol. The summed E-state index contributed by atoms with van der Waals surface area (Å²) in [6.07, 6.45) is -0.933. The minimum Gasteiger partial charge on any atom is -0.490 e. The third-order valence-corrected chi connectivity index (χ3v) is 7.52. The molecule has 2 aromatic carbocycles. The zero-order valence-corrected chi connectivity index (χ0v) is 19.8. The summed E-state index contributed by atoms with van der Waals surface area (Å²) >= 11 is 0. The number of nitro groups is 1. The predicted molar refractivity (Wildman–Crippen MR) is 125 cm³/mol. The number of piperazine rings is 1. The van der Waals surface area contributed by atoms with E-state index in [1.165, 1.54) is 16.4 Å². The number of rotatable bonds is 9. The molecule has 33 heavy (non-hydrogen) atoms. The number of sulfonamides is 1. The fourth-order valence-electron chi connectivity index (χ4n) is 3.64. The molecule has 180 valence electrons. The first-order valence-electron chi connectivity index (χ1n) is 10.7. The SMILES string of the molecule is Cc1cccc(C)c1OCC(O)CNc1ccc(S(=O)(=O)N2CCN(C)CC2)cc1[N+](=O)[O-]. The summed E-state index contributed by atoms with van der Waals surface area (Å²) < 4.78 is 32.9. The second-order valence-corrected chi connectivity index (χ2v) is 10.1. The fourth-order valence-corrected chi connectivity index (χ4v) is 5.09. The lowest BCUT2D eigenvalue weighted by atomic mass is 10.1. The number of hydrogen-bond donors (Lipinski definition) is 2. The van der Waals surface area contributed by atoms with Crippen molar-refractivity contribution in [3.63, 3.8) is 0 Å². The molecule has 3 rings (SSSR count). The Kier molecular flexibility index (Phi) is 7.90. The van der Waals surface area contributed by atoms with E-state index in [4.69, 9.17) is 4.74 Å². The van der Waals surface area contributed by atoms with E-state index in [2.05, 4.69) is 5.32 Å².